The third-order valence-electron chi connectivity index (χ3n) is 12.4. The van der Waals surface area contributed by atoms with Crippen molar-refractivity contribution >= 4 is 97.7 Å². The lowest BCUT2D eigenvalue weighted by Crippen LogP contribution is -1.91. The van der Waals surface area contributed by atoms with Crippen LogP contribution in [-0.4, -0.2) is 0 Å². The maximum Gasteiger partial charge on any atom is 0.147 e. The Morgan fingerprint density at radius 1 is 0.259 bits per heavy atom. The van der Waals surface area contributed by atoms with Crippen molar-refractivity contribution in [2.75, 3.05) is 0 Å². The van der Waals surface area contributed by atoms with Gasteiger partial charge in [0, 0.05) is 16.2 Å². The fraction of sp³-hybridized carbons (Fsp3) is 0. The van der Waals surface area contributed by atoms with Crippen molar-refractivity contribution in [1.29, 1.82) is 0 Å². The van der Waals surface area contributed by atoms with Crippen molar-refractivity contribution in [3.05, 3.63) is 194 Å². The maximum absolute atomic E-state index is 6.76. The largest absolute Gasteiger partial charge is 0.456 e. The molecule has 58 heavy (non-hydrogen) atoms. The van der Waals surface area contributed by atoms with Crippen LogP contribution in [0, 0.1) is 0 Å². The van der Waals surface area contributed by atoms with Gasteiger partial charge in [-0.15, -0.1) is 0 Å². The van der Waals surface area contributed by atoms with E-state index >= 15 is 0 Å². The molecule has 268 valence electrons. The van der Waals surface area contributed by atoms with Crippen LogP contribution in [0.25, 0.3) is 131 Å². The van der Waals surface area contributed by atoms with Gasteiger partial charge in [-0.3, -0.25) is 0 Å². The quantitative estimate of drug-likeness (QED) is 0.169. The molecule has 0 unspecified atom stereocenters. The van der Waals surface area contributed by atoms with Gasteiger partial charge in [0.25, 0.3) is 0 Å². The van der Waals surface area contributed by atoms with Gasteiger partial charge in [-0.25, -0.2) is 0 Å². The predicted molar refractivity (Wildman–Crippen MR) is 245 cm³/mol. The first-order valence-electron chi connectivity index (χ1n) is 19.9. The van der Waals surface area contributed by atoms with Crippen molar-refractivity contribution in [3.8, 4) is 33.4 Å². The molecule has 0 aliphatic rings. The number of hydrogen-bond donors (Lipinski definition) is 0. The molecule has 0 atom stereocenters. The van der Waals surface area contributed by atoms with E-state index in [1.165, 1.54) is 76.1 Å². The summed E-state index contributed by atoms with van der Waals surface area (Å²) in [4.78, 5) is 0. The number of hydrogen-bond acceptors (Lipinski definition) is 2. The third-order valence-corrected chi connectivity index (χ3v) is 12.4. The van der Waals surface area contributed by atoms with E-state index in [-0.39, 0.29) is 0 Å². The zero-order chi connectivity index (χ0) is 37.9. The lowest BCUT2D eigenvalue weighted by atomic mass is 9.84. The van der Waals surface area contributed by atoms with E-state index in [0.717, 1.165) is 55.0 Å². The lowest BCUT2D eigenvalue weighted by molar-refractivity contribution is 0.663. The van der Waals surface area contributed by atoms with E-state index in [1.54, 1.807) is 0 Å². The van der Waals surface area contributed by atoms with E-state index in [9.17, 15) is 0 Å². The first kappa shape index (κ1) is 31.5. The molecule has 2 heteroatoms. The van der Waals surface area contributed by atoms with Crippen LogP contribution in [0.2, 0.25) is 0 Å². The highest BCUT2D eigenvalue weighted by Gasteiger charge is 2.20. The van der Waals surface area contributed by atoms with Crippen LogP contribution in [0.4, 0.5) is 0 Å². The molecule has 0 amide bonds. The van der Waals surface area contributed by atoms with Crippen LogP contribution >= 0.6 is 0 Å². The maximum atomic E-state index is 6.76. The molecule has 2 heterocycles. The average Bonchev–Trinajstić information content (AvgIpc) is 3.86. The summed E-state index contributed by atoms with van der Waals surface area (Å²) in [5.74, 6) is 0. The number of rotatable bonds is 3. The van der Waals surface area contributed by atoms with Gasteiger partial charge in [0.15, 0.2) is 0 Å². The van der Waals surface area contributed by atoms with Gasteiger partial charge in [-0.05, 0) is 130 Å². The van der Waals surface area contributed by atoms with Crippen LogP contribution in [0.1, 0.15) is 0 Å². The lowest BCUT2D eigenvalue weighted by Gasteiger charge is -2.19. The number of benzene rings is 11. The van der Waals surface area contributed by atoms with Gasteiger partial charge in [0.05, 0.1) is 5.39 Å². The van der Waals surface area contributed by atoms with Gasteiger partial charge in [-0.2, -0.15) is 0 Å². The van der Waals surface area contributed by atoms with Gasteiger partial charge >= 0.3 is 0 Å². The fourth-order valence-electron chi connectivity index (χ4n) is 9.79. The molecule has 0 saturated carbocycles. The first-order chi connectivity index (χ1) is 28.7. The minimum Gasteiger partial charge on any atom is -0.456 e. The Morgan fingerprint density at radius 2 is 0.776 bits per heavy atom. The summed E-state index contributed by atoms with van der Waals surface area (Å²) in [5, 5.41) is 16.7. The molecule has 0 aliphatic heterocycles. The Labute approximate surface area is 332 Å². The smallest absolute Gasteiger partial charge is 0.147 e. The van der Waals surface area contributed by atoms with Crippen LogP contribution in [0.5, 0.6) is 0 Å². The van der Waals surface area contributed by atoms with E-state index in [1.807, 2.05) is 0 Å². The Kier molecular flexibility index (Phi) is 6.47. The van der Waals surface area contributed by atoms with Crippen LogP contribution < -0.4 is 0 Å². The molecular formula is C56H32O2. The Balaban J connectivity index is 0.945. The zero-order valence-corrected chi connectivity index (χ0v) is 31.3. The van der Waals surface area contributed by atoms with E-state index in [0.29, 0.717) is 0 Å². The Bertz CT molecular complexity index is 3800. The standard InChI is InChI=1S/C56H32O2/c1-3-13-40-33(10-1)12-9-19-43(40)53-46-17-7-5-15-44(46)52(45-16-6-8-18-47(45)53)39-23-22-35-30-36(20-21-37(35)31-39)38-24-26-42-48-27-29-50-55(56(48)58-51(42)32-38)54-41-14-4-2-11-34(41)25-28-49(54)57-50/h1-32H. The molecule has 2 aromatic heterocycles. The number of fused-ring (bicyclic) bond motifs is 13. The topological polar surface area (TPSA) is 26.3 Å². The summed E-state index contributed by atoms with van der Waals surface area (Å²) in [6.07, 6.45) is 0. The van der Waals surface area contributed by atoms with Crippen molar-refractivity contribution in [3.63, 3.8) is 0 Å². The first-order valence-corrected chi connectivity index (χ1v) is 19.9. The second-order valence-corrected chi connectivity index (χ2v) is 15.5. The van der Waals surface area contributed by atoms with Crippen LogP contribution in [0.15, 0.2) is 203 Å². The molecule has 11 aromatic carbocycles. The summed E-state index contributed by atoms with van der Waals surface area (Å²) in [5.41, 5.74) is 10.8. The molecule has 0 radical (unpaired) electrons. The predicted octanol–water partition coefficient (Wildman–Crippen LogP) is 16.3. The summed E-state index contributed by atoms with van der Waals surface area (Å²) >= 11 is 0. The second kappa shape index (κ2) is 11.9. The van der Waals surface area contributed by atoms with Crippen molar-refractivity contribution in [2.45, 2.75) is 0 Å². The molecule has 0 saturated heterocycles. The molecular weight excluding hydrogens is 705 g/mol. The zero-order valence-electron chi connectivity index (χ0n) is 31.3. The van der Waals surface area contributed by atoms with E-state index < -0.39 is 0 Å². The normalized spacial score (nSPS) is 12.1. The van der Waals surface area contributed by atoms with Crippen molar-refractivity contribution in [1.82, 2.24) is 0 Å². The van der Waals surface area contributed by atoms with Crippen LogP contribution in [0.3, 0.4) is 0 Å². The fourth-order valence-corrected chi connectivity index (χ4v) is 9.79. The Morgan fingerprint density at radius 3 is 1.53 bits per heavy atom. The average molecular weight is 737 g/mol. The highest BCUT2D eigenvalue weighted by molar-refractivity contribution is 6.28. The Hall–Kier alpha value is -7.68. The van der Waals surface area contributed by atoms with Gasteiger partial charge in [0.2, 0.25) is 0 Å². The molecule has 13 rings (SSSR count). The molecule has 0 spiro atoms. The van der Waals surface area contributed by atoms with E-state index in [4.69, 9.17) is 8.83 Å². The van der Waals surface area contributed by atoms with E-state index in [2.05, 4.69) is 194 Å². The van der Waals surface area contributed by atoms with Gasteiger partial charge < -0.3 is 8.83 Å². The van der Waals surface area contributed by atoms with Gasteiger partial charge in [0.1, 0.15) is 22.3 Å². The minimum absolute atomic E-state index is 0.841. The second-order valence-electron chi connectivity index (χ2n) is 15.5. The van der Waals surface area contributed by atoms with Gasteiger partial charge in [-0.1, -0.05) is 152 Å². The van der Waals surface area contributed by atoms with Crippen molar-refractivity contribution in [2.24, 2.45) is 0 Å². The summed E-state index contributed by atoms with van der Waals surface area (Å²) < 4.78 is 13.1. The highest BCUT2D eigenvalue weighted by Crippen LogP contribution is 2.46. The SMILES string of the molecule is c1ccc2c(-c3c4ccccc4c(-c4ccc5cc(-c6ccc7c(c6)oc6c7ccc7oc8ccc9ccccc9c8c76)ccc5c4)c4ccccc34)cccc2c1. The molecule has 0 aliphatic carbocycles. The third kappa shape index (κ3) is 4.48. The van der Waals surface area contributed by atoms with Crippen LogP contribution in [-0.2, 0) is 0 Å². The molecule has 2 nitrogen and oxygen atoms in total. The molecule has 0 bridgehead atoms. The molecule has 0 N–H and O–H groups in total. The number of furan rings is 2. The van der Waals surface area contributed by atoms with Crippen molar-refractivity contribution < 1.29 is 8.83 Å². The molecule has 13 aromatic rings. The monoisotopic (exact) mass is 736 g/mol. The summed E-state index contributed by atoms with van der Waals surface area (Å²) in [7, 11) is 0. The molecule has 0 fully saturated rings. The highest BCUT2D eigenvalue weighted by atomic mass is 16.3. The minimum atomic E-state index is 0.841. The summed E-state index contributed by atoms with van der Waals surface area (Å²) in [6.45, 7) is 0. The summed E-state index contributed by atoms with van der Waals surface area (Å²) in [6, 6.07) is 70.4.